The molecule has 1 atom stereocenters. The second-order valence-electron chi connectivity index (χ2n) is 5.74. The van der Waals surface area contributed by atoms with E-state index in [1.165, 1.54) is 12.8 Å². The van der Waals surface area contributed by atoms with Crippen molar-refractivity contribution in [3.63, 3.8) is 0 Å². The molecule has 1 aliphatic heterocycles. The van der Waals surface area contributed by atoms with Crippen LogP contribution in [0.2, 0.25) is 0 Å². The summed E-state index contributed by atoms with van der Waals surface area (Å²) in [6.07, 6.45) is 7.64. The molecule has 0 unspecified atom stereocenters. The molecule has 0 spiro atoms. The predicted molar refractivity (Wildman–Crippen MR) is 84.0 cm³/mol. The summed E-state index contributed by atoms with van der Waals surface area (Å²) in [5.41, 5.74) is 0.573. The lowest BCUT2D eigenvalue weighted by Crippen LogP contribution is -2.41. The Balaban J connectivity index is 1.57. The van der Waals surface area contributed by atoms with Crippen molar-refractivity contribution in [1.82, 2.24) is 25.0 Å². The van der Waals surface area contributed by atoms with Crippen LogP contribution in [0.25, 0.3) is 5.82 Å². The third-order valence-corrected chi connectivity index (χ3v) is 3.86. The summed E-state index contributed by atoms with van der Waals surface area (Å²) in [6, 6.07) is 5.55. The third kappa shape index (κ3) is 3.51. The van der Waals surface area contributed by atoms with Gasteiger partial charge < -0.3 is 10.2 Å². The van der Waals surface area contributed by atoms with Crippen molar-refractivity contribution < 1.29 is 4.79 Å². The van der Waals surface area contributed by atoms with Crippen LogP contribution in [0.5, 0.6) is 0 Å². The van der Waals surface area contributed by atoms with Gasteiger partial charge in [-0.25, -0.2) is 9.67 Å². The standard InChI is InChI=1S/C16H21N5O/c1-13(12-20-8-2-3-9-20)19-16(22)14-5-6-15(17-11-14)21-10-4-7-18-21/h4-7,10-11,13H,2-3,8-9,12H2,1H3,(H,19,22)/t13-/m0/s1. The fourth-order valence-electron chi connectivity index (χ4n) is 2.77. The molecule has 22 heavy (non-hydrogen) atoms. The number of pyridine rings is 1. The van der Waals surface area contributed by atoms with Gasteiger partial charge in [-0.15, -0.1) is 0 Å². The first kappa shape index (κ1) is 14.7. The molecule has 1 saturated heterocycles. The minimum Gasteiger partial charge on any atom is -0.348 e. The Morgan fingerprint density at radius 1 is 1.36 bits per heavy atom. The minimum atomic E-state index is -0.0776. The maximum absolute atomic E-state index is 12.2. The lowest BCUT2D eigenvalue weighted by Gasteiger charge is -2.21. The highest BCUT2D eigenvalue weighted by molar-refractivity contribution is 5.94. The van der Waals surface area contributed by atoms with E-state index in [4.69, 9.17) is 0 Å². The summed E-state index contributed by atoms with van der Waals surface area (Å²) in [5.74, 6) is 0.623. The van der Waals surface area contributed by atoms with Crippen LogP contribution in [0.15, 0.2) is 36.8 Å². The molecule has 0 bridgehead atoms. The third-order valence-electron chi connectivity index (χ3n) is 3.86. The van der Waals surface area contributed by atoms with Gasteiger partial charge in [0.25, 0.3) is 5.91 Å². The van der Waals surface area contributed by atoms with Crippen molar-refractivity contribution in [3.8, 4) is 5.82 Å². The molecule has 1 fully saturated rings. The van der Waals surface area contributed by atoms with Crippen LogP contribution in [0.4, 0.5) is 0 Å². The van der Waals surface area contributed by atoms with Gasteiger partial charge in [-0.2, -0.15) is 5.10 Å². The number of aromatic nitrogens is 3. The topological polar surface area (TPSA) is 63.1 Å². The Hall–Kier alpha value is -2.21. The van der Waals surface area contributed by atoms with Gasteiger partial charge in [0.05, 0.1) is 5.56 Å². The molecule has 1 aliphatic rings. The molecule has 3 heterocycles. The molecule has 2 aromatic rings. The summed E-state index contributed by atoms with van der Waals surface area (Å²) in [5, 5.41) is 7.15. The largest absolute Gasteiger partial charge is 0.348 e. The molecule has 0 aromatic carbocycles. The summed E-state index contributed by atoms with van der Waals surface area (Å²) < 4.78 is 1.66. The van der Waals surface area contributed by atoms with Gasteiger partial charge in [-0.05, 0) is 51.1 Å². The van der Waals surface area contributed by atoms with Crippen molar-refractivity contribution in [2.75, 3.05) is 19.6 Å². The molecule has 2 aromatic heterocycles. The van der Waals surface area contributed by atoms with Gasteiger partial charge in [-0.1, -0.05) is 0 Å². The average Bonchev–Trinajstić information content (AvgIpc) is 3.20. The van der Waals surface area contributed by atoms with Gasteiger partial charge in [0.2, 0.25) is 0 Å². The Kier molecular flexibility index (Phi) is 4.48. The van der Waals surface area contributed by atoms with Crippen LogP contribution in [0, 0.1) is 0 Å². The van der Waals surface area contributed by atoms with Gasteiger partial charge in [0, 0.05) is 31.2 Å². The van der Waals surface area contributed by atoms with Crippen LogP contribution in [0.3, 0.4) is 0 Å². The normalized spacial score (nSPS) is 16.6. The van der Waals surface area contributed by atoms with Crippen molar-refractivity contribution in [3.05, 3.63) is 42.4 Å². The summed E-state index contributed by atoms with van der Waals surface area (Å²) in [7, 11) is 0. The van der Waals surface area contributed by atoms with E-state index < -0.39 is 0 Å². The fraction of sp³-hybridized carbons (Fsp3) is 0.438. The number of carbonyl (C=O) groups excluding carboxylic acids is 1. The van der Waals surface area contributed by atoms with E-state index in [0.29, 0.717) is 11.4 Å². The minimum absolute atomic E-state index is 0.0776. The van der Waals surface area contributed by atoms with E-state index in [-0.39, 0.29) is 11.9 Å². The number of nitrogens with zero attached hydrogens (tertiary/aromatic N) is 4. The predicted octanol–water partition coefficient (Wildman–Crippen LogP) is 1.48. The number of hydrogen-bond acceptors (Lipinski definition) is 4. The van der Waals surface area contributed by atoms with E-state index in [1.54, 1.807) is 29.2 Å². The Bertz CT molecular complexity index is 602. The SMILES string of the molecule is C[C@@H](CN1CCCC1)NC(=O)c1ccc(-n2cccn2)nc1. The maximum Gasteiger partial charge on any atom is 0.253 e. The van der Waals surface area contributed by atoms with Gasteiger partial charge >= 0.3 is 0 Å². The van der Waals surface area contributed by atoms with Crippen LogP contribution < -0.4 is 5.32 Å². The first-order valence-corrected chi connectivity index (χ1v) is 7.71. The Labute approximate surface area is 130 Å². The molecule has 0 aliphatic carbocycles. The van der Waals surface area contributed by atoms with Crippen molar-refractivity contribution in [2.24, 2.45) is 0 Å². The number of hydrogen-bond donors (Lipinski definition) is 1. The molecule has 0 radical (unpaired) electrons. The highest BCUT2D eigenvalue weighted by atomic mass is 16.1. The van der Waals surface area contributed by atoms with Gasteiger partial charge in [-0.3, -0.25) is 4.79 Å². The number of likely N-dealkylation sites (tertiary alicyclic amines) is 1. The zero-order chi connectivity index (χ0) is 15.4. The van der Waals surface area contributed by atoms with Gasteiger partial charge in [0.15, 0.2) is 5.82 Å². The Morgan fingerprint density at radius 3 is 2.82 bits per heavy atom. The average molecular weight is 299 g/mol. The van der Waals surface area contributed by atoms with Crippen LogP contribution in [0.1, 0.15) is 30.1 Å². The maximum atomic E-state index is 12.2. The lowest BCUT2D eigenvalue weighted by molar-refractivity contribution is 0.0931. The number of rotatable bonds is 5. The molecule has 1 N–H and O–H groups in total. The molecule has 6 heteroatoms. The van der Waals surface area contributed by atoms with Crippen LogP contribution >= 0.6 is 0 Å². The first-order chi connectivity index (χ1) is 10.7. The molecule has 116 valence electrons. The molecular weight excluding hydrogens is 278 g/mol. The van der Waals surface area contributed by atoms with Crippen molar-refractivity contribution >= 4 is 5.91 Å². The van der Waals surface area contributed by atoms with Crippen molar-refractivity contribution in [1.29, 1.82) is 0 Å². The number of amides is 1. The van der Waals surface area contributed by atoms with E-state index in [0.717, 1.165) is 19.6 Å². The van der Waals surface area contributed by atoms with E-state index >= 15 is 0 Å². The highest BCUT2D eigenvalue weighted by Gasteiger charge is 2.16. The summed E-state index contributed by atoms with van der Waals surface area (Å²) in [4.78, 5) is 18.9. The molecular formula is C16H21N5O. The lowest BCUT2D eigenvalue weighted by atomic mass is 10.2. The number of carbonyl (C=O) groups is 1. The second kappa shape index (κ2) is 6.70. The second-order valence-corrected chi connectivity index (χ2v) is 5.74. The summed E-state index contributed by atoms with van der Waals surface area (Å²) in [6.45, 7) is 5.23. The smallest absolute Gasteiger partial charge is 0.253 e. The first-order valence-electron chi connectivity index (χ1n) is 7.71. The summed E-state index contributed by atoms with van der Waals surface area (Å²) >= 11 is 0. The quantitative estimate of drug-likeness (QED) is 0.908. The molecule has 1 amide bonds. The van der Waals surface area contributed by atoms with E-state index in [1.807, 2.05) is 19.2 Å². The van der Waals surface area contributed by atoms with E-state index in [9.17, 15) is 4.79 Å². The zero-order valence-corrected chi connectivity index (χ0v) is 12.8. The molecule has 0 saturated carbocycles. The van der Waals surface area contributed by atoms with Crippen molar-refractivity contribution in [2.45, 2.75) is 25.8 Å². The highest BCUT2D eigenvalue weighted by Crippen LogP contribution is 2.08. The molecule has 3 rings (SSSR count). The van der Waals surface area contributed by atoms with Crippen LogP contribution in [-0.2, 0) is 0 Å². The molecule has 6 nitrogen and oxygen atoms in total. The zero-order valence-electron chi connectivity index (χ0n) is 12.8. The fourth-order valence-corrected chi connectivity index (χ4v) is 2.77. The number of nitrogens with one attached hydrogen (secondary N) is 1. The monoisotopic (exact) mass is 299 g/mol. The Morgan fingerprint density at radius 2 is 2.18 bits per heavy atom. The van der Waals surface area contributed by atoms with Crippen LogP contribution in [-0.4, -0.2) is 51.2 Å². The van der Waals surface area contributed by atoms with Gasteiger partial charge in [0.1, 0.15) is 0 Å². The van der Waals surface area contributed by atoms with E-state index in [2.05, 4.69) is 20.3 Å².